The Labute approximate surface area is 134 Å². The van der Waals surface area contributed by atoms with Gasteiger partial charge in [-0.3, -0.25) is 14.9 Å². The fourth-order valence-electron chi connectivity index (χ4n) is 1.69. The molecule has 0 bridgehead atoms. The summed E-state index contributed by atoms with van der Waals surface area (Å²) >= 11 is 9.29. The lowest BCUT2D eigenvalue weighted by Gasteiger charge is -2.12. The second-order valence-electron chi connectivity index (χ2n) is 4.18. The molecule has 1 N–H and O–H groups in total. The number of nitro groups is 1. The number of rotatable bonds is 4. The van der Waals surface area contributed by atoms with E-state index in [1.165, 1.54) is 18.2 Å². The van der Waals surface area contributed by atoms with Crippen molar-refractivity contribution in [3.63, 3.8) is 0 Å². The van der Waals surface area contributed by atoms with Crippen LogP contribution in [0.15, 0.2) is 53.0 Å². The maximum atomic E-state index is 12.1. The number of nitro benzene ring substituents is 1. The summed E-state index contributed by atoms with van der Waals surface area (Å²) in [4.78, 5) is 22.2. The van der Waals surface area contributed by atoms with E-state index in [9.17, 15) is 14.9 Å². The number of anilines is 1. The Kier molecular flexibility index (Phi) is 4.93. The van der Waals surface area contributed by atoms with E-state index in [0.717, 1.165) is 0 Å². The Balaban J connectivity index is 2.15. The first kappa shape index (κ1) is 15.5. The van der Waals surface area contributed by atoms with Gasteiger partial charge >= 0.3 is 0 Å². The number of hydrogen-bond acceptors (Lipinski definition) is 3. The maximum Gasteiger partial charge on any atom is 0.270 e. The molecule has 0 radical (unpaired) electrons. The monoisotopic (exact) mass is 368 g/mol. The van der Waals surface area contributed by atoms with Gasteiger partial charge in [0.15, 0.2) is 0 Å². The maximum absolute atomic E-state index is 12.1. The Hall–Kier alpha value is -1.92. The van der Waals surface area contributed by atoms with Gasteiger partial charge in [0, 0.05) is 16.6 Å². The van der Waals surface area contributed by atoms with Crippen LogP contribution >= 0.6 is 27.5 Å². The zero-order chi connectivity index (χ0) is 15.4. The molecule has 7 heteroatoms. The van der Waals surface area contributed by atoms with E-state index in [0.29, 0.717) is 15.7 Å². The third-order valence-electron chi connectivity index (χ3n) is 2.74. The van der Waals surface area contributed by atoms with Crippen LogP contribution in [0, 0.1) is 10.1 Å². The first-order valence-corrected chi connectivity index (χ1v) is 7.16. The molecule has 2 rings (SSSR count). The van der Waals surface area contributed by atoms with Gasteiger partial charge in [-0.05, 0) is 27.6 Å². The van der Waals surface area contributed by atoms with Crippen LogP contribution in [-0.4, -0.2) is 10.8 Å². The summed E-state index contributed by atoms with van der Waals surface area (Å²) in [7, 11) is 0. The highest BCUT2D eigenvalue weighted by atomic mass is 79.9. The van der Waals surface area contributed by atoms with Crippen molar-refractivity contribution in [3.8, 4) is 0 Å². The van der Waals surface area contributed by atoms with Crippen molar-refractivity contribution in [2.45, 2.75) is 5.38 Å². The first-order valence-electron chi connectivity index (χ1n) is 5.93. The van der Waals surface area contributed by atoms with Crippen molar-refractivity contribution in [3.05, 3.63) is 68.7 Å². The van der Waals surface area contributed by atoms with Gasteiger partial charge in [0.1, 0.15) is 5.38 Å². The predicted molar refractivity (Wildman–Crippen MR) is 84.5 cm³/mol. The number of halogens is 2. The van der Waals surface area contributed by atoms with Gasteiger partial charge < -0.3 is 5.32 Å². The second-order valence-corrected chi connectivity index (χ2v) is 5.47. The summed E-state index contributed by atoms with van der Waals surface area (Å²) in [6.07, 6.45) is 0. The molecule has 0 unspecified atom stereocenters. The minimum Gasteiger partial charge on any atom is -0.323 e. The molecule has 1 atom stereocenters. The largest absolute Gasteiger partial charge is 0.323 e. The van der Waals surface area contributed by atoms with Crippen molar-refractivity contribution in [1.29, 1.82) is 0 Å². The third-order valence-corrected chi connectivity index (χ3v) is 3.85. The number of carbonyl (C=O) groups excluding carboxylic acids is 1. The summed E-state index contributed by atoms with van der Waals surface area (Å²) in [5, 5.41) is 12.5. The molecule has 0 aromatic heterocycles. The van der Waals surface area contributed by atoms with Crippen LogP contribution in [0.4, 0.5) is 11.4 Å². The van der Waals surface area contributed by atoms with Crippen LogP contribution in [0.25, 0.3) is 0 Å². The van der Waals surface area contributed by atoms with E-state index in [1.54, 1.807) is 24.3 Å². The summed E-state index contributed by atoms with van der Waals surface area (Å²) in [5.74, 6) is -0.405. The number of nitrogens with one attached hydrogen (secondary N) is 1. The standard InChI is InChI=1S/C14H10BrClN2O3/c15-11-8-10(18(20)21)6-7-12(11)17-14(19)13(16)9-4-2-1-3-5-9/h1-8,13H,(H,17,19)/t13-/m0/s1. The minimum atomic E-state index is -0.840. The number of alkyl halides is 1. The molecule has 0 aliphatic carbocycles. The topological polar surface area (TPSA) is 72.2 Å². The predicted octanol–water partition coefficient (Wildman–Crippen LogP) is 4.28. The van der Waals surface area contributed by atoms with Crippen molar-refractivity contribution >= 4 is 44.8 Å². The second kappa shape index (κ2) is 6.69. The first-order chi connectivity index (χ1) is 9.99. The van der Waals surface area contributed by atoms with E-state index in [4.69, 9.17) is 11.6 Å². The van der Waals surface area contributed by atoms with Crippen LogP contribution in [-0.2, 0) is 4.79 Å². The molecule has 0 aliphatic rings. The van der Waals surface area contributed by atoms with Gasteiger partial charge in [-0.1, -0.05) is 30.3 Å². The molecule has 0 spiro atoms. The van der Waals surface area contributed by atoms with Gasteiger partial charge in [0.05, 0.1) is 10.6 Å². The van der Waals surface area contributed by atoms with Crippen LogP contribution in [0.3, 0.4) is 0 Å². The highest BCUT2D eigenvalue weighted by Gasteiger charge is 2.19. The Bertz CT molecular complexity index is 679. The zero-order valence-corrected chi connectivity index (χ0v) is 13.0. The van der Waals surface area contributed by atoms with E-state index < -0.39 is 16.2 Å². The lowest BCUT2D eigenvalue weighted by atomic mass is 10.1. The lowest BCUT2D eigenvalue weighted by molar-refractivity contribution is -0.384. The van der Waals surface area contributed by atoms with E-state index in [1.807, 2.05) is 6.07 Å². The van der Waals surface area contributed by atoms with Crippen LogP contribution in [0.5, 0.6) is 0 Å². The van der Waals surface area contributed by atoms with Gasteiger partial charge in [-0.25, -0.2) is 0 Å². The summed E-state index contributed by atoms with van der Waals surface area (Å²) in [5.41, 5.74) is 1.03. The van der Waals surface area contributed by atoms with Gasteiger partial charge in [0.25, 0.3) is 5.69 Å². The number of nitrogens with zero attached hydrogens (tertiary/aromatic N) is 1. The molecule has 0 saturated carbocycles. The number of benzene rings is 2. The van der Waals surface area contributed by atoms with Crippen LogP contribution < -0.4 is 5.32 Å². The molecule has 0 aliphatic heterocycles. The zero-order valence-electron chi connectivity index (χ0n) is 10.6. The SMILES string of the molecule is O=C(Nc1ccc([N+](=O)[O-])cc1Br)[C@@H](Cl)c1ccccc1. The van der Waals surface area contributed by atoms with E-state index >= 15 is 0 Å². The van der Waals surface area contributed by atoms with Crippen molar-refractivity contribution in [2.24, 2.45) is 0 Å². The fourth-order valence-corrected chi connectivity index (χ4v) is 2.35. The van der Waals surface area contributed by atoms with E-state index in [-0.39, 0.29) is 5.69 Å². The molecule has 108 valence electrons. The van der Waals surface area contributed by atoms with E-state index in [2.05, 4.69) is 21.2 Å². The summed E-state index contributed by atoms with van der Waals surface area (Å²) < 4.78 is 0.418. The van der Waals surface area contributed by atoms with Crippen LogP contribution in [0.2, 0.25) is 0 Å². The number of non-ortho nitro benzene ring substituents is 1. The molecule has 0 fully saturated rings. The molecule has 21 heavy (non-hydrogen) atoms. The molecule has 0 heterocycles. The highest BCUT2D eigenvalue weighted by Crippen LogP contribution is 2.29. The van der Waals surface area contributed by atoms with Crippen molar-refractivity contribution < 1.29 is 9.72 Å². The molecule has 0 saturated heterocycles. The fraction of sp³-hybridized carbons (Fsp3) is 0.0714. The molecular formula is C14H10BrClN2O3. The summed E-state index contributed by atoms with van der Waals surface area (Å²) in [6.45, 7) is 0. The van der Waals surface area contributed by atoms with Crippen LogP contribution in [0.1, 0.15) is 10.9 Å². The smallest absolute Gasteiger partial charge is 0.270 e. The normalized spacial score (nSPS) is 11.7. The lowest BCUT2D eigenvalue weighted by Crippen LogP contribution is -2.17. The average molecular weight is 370 g/mol. The molecule has 5 nitrogen and oxygen atoms in total. The van der Waals surface area contributed by atoms with Gasteiger partial charge in [-0.15, -0.1) is 11.6 Å². The molecule has 1 amide bonds. The Morgan fingerprint density at radius 2 is 1.90 bits per heavy atom. The highest BCUT2D eigenvalue weighted by molar-refractivity contribution is 9.10. The number of carbonyl (C=O) groups is 1. The molecular weight excluding hydrogens is 360 g/mol. The van der Waals surface area contributed by atoms with Crippen molar-refractivity contribution in [1.82, 2.24) is 0 Å². The Morgan fingerprint density at radius 1 is 1.24 bits per heavy atom. The Morgan fingerprint density at radius 3 is 2.48 bits per heavy atom. The van der Waals surface area contributed by atoms with Crippen molar-refractivity contribution in [2.75, 3.05) is 5.32 Å². The molecule has 2 aromatic carbocycles. The summed E-state index contributed by atoms with van der Waals surface area (Å²) in [6, 6.07) is 13.0. The van der Waals surface area contributed by atoms with Gasteiger partial charge in [-0.2, -0.15) is 0 Å². The minimum absolute atomic E-state index is 0.0645. The molecule has 2 aromatic rings. The average Bonchev–Trinajstić information content (AvgIpc) is 2.49. The van der Waals surface area contributed by atoms with Gasteiger partial charge in [0.2, 0.25) is 5.91 Å². The number of amides is 1. The number of hydrogen-bond donors (Lipinski definition) is 1. The quantitative estimate of drug-likeness (QED) is 0.497. The third kappa shape index (κ3) is 3.80.